The van der Waals surface area contributed by atoms with E-state index in [0.29, 0.717) is 0 Å². The van der Waals surface area contributed by atoms with Gasteiger partial charge in [-0.15, -0.1) is 0 Å². The number of amides is 1. The predicted octanol–water partition coefficient (Wildman–Crippen LogP) is 0.845. The average Bonchev–Trinajstić information content (AvgIpc) is 2.38. The molecule has 104 valence electrons. The van der Waals surface area contributed by atoms with Gasteiger partial charge < -0.3 is 15.2 Å². The van der Waals surface area contributed by atoms with E-state index in [1.165, 1.54) is 18.2 Å². The molecule has 0 aromatic heterocycles. The molecule has 5 nitrogen and oxygen atoms in total. The smallest absolute Gasteiger partial charge is 0.331 e. The maximum atomic E-state index is 13.6. The van der Waals surface area contributed by atoms with Crippen molar-refractivity contribution in [2.75, 3.05) is 6.61 Å². The van der Waals surface area contributed by atoms with E-state index in [4.69, 9.17) is 4.74 Å². The summed E-state index contributed by atoms with van der Waals surface area (Å²) in [5, 5.41) is 12.2. The molecular formula is C13H16FNO4. The molecule has 6 heteroatoms. The summed E-state index contributed by atoms with van der Waals surface area (Å²) in [6.45, 7) is 3.41. The van der Waals surface area contributed by atoms with Crippen LogP contribution >= 0.6 is 0 Å². The highest BCUT2D eigenvalue weighted by Gasteiger charge is 2.30. The highest BCUT2D eigenvalue weighted by Crippen LogP contribution is 2.22. The van der Waals surface area contributed by atoms with E-state index in [0.717, 1.165) is 5.56 Å². The number of benzene rings is 1. The van der Waals surface area contributed by atoms with Crippen molar-refractivity contribution >= 4 is 12.4 Å². The van der Waals surface area contributed by atoms with Crippen molar-refractivity contribution in [1.29, 1.82) is 0 Å². The Labute approximate surface area is 110 Å². The zero-order valence-electron chi connectivity index (χ0n) is 10.7. The molecule has 0 bridgehead atoms. The largest absolute Gasteiger partial charge is 0.464 e. The number of ether oxygens (including phenoxy) is 1. The molecule has 0 fully saturated rings. The number of nitrogens with one attached hydrogen (secondary N) is 1. The first-order valence-electron chi connectivity index (χ1n) is 5.81. The van der Waals surface area contributed by atoms with E-state index >= 15 is 0 Å². The van der Waals surface area contributed by atoms with Crippen LogP contribution in [0.4, 0.5) is 4.39 Å². The predicted molar refractivity (Wildman–Crippen MR) is 65.7 cm³/mol. The van der Waals surface area contributed by atoms with Crippen LogP contribution < -0.4 is 5.32 Å². The lowest BCUT2D eigenvalue weighted by Crippen LogP contribution is -2.42. The molecule has 19 heavy (non-hydrogen) atoms. The van der Waals surface area contributed by atoms with Gasteiger partial charge in [0.25, 0.3) is 0 Å². The second-order valence-electron chi connectivity index (χ2n) is 3.98. The second kappa shape index (κ2) is 6.84. The van der Waals surface area contributed by atoms with Gasteiger partial charge in [0, 0.05) is 5.56 Å². The summed E-state index contributed by atoms with van der Waals surface area (Å²) in [5.74, 6) is -1.47. The van der Waals surface area contributed by atoms with Crippen LogP contribution in [0.5, 0.6) is 0 Å². The zero-order chi connectivity index (χ0) is 14.4. The van der Waals surface area contributed by atoms with E-state index in [2.05, 4.69) is 5.32 Å². The minimum Gasteiger partial charge on any atom is -0.464 e. The number of carbonyl (C=O) groups is 2. The lowest BCUT2D eigenvalue weighted by Gasteiger charge is -2.21. The molecule has 1 rings (SSSR count). The summed E-state index contributed by atoms with van der Waals surface area (Å²) in [7, 11) is 0. The number of rotatable bonds is 6. The second-order valence-corrected chi connectivity index (χ2v) is 3.98. The van der Waals surface area contributed by atoms with Crippen molar-refractivity contribution < 1.29 is 23.8 Å². The topological polar surface area (TPSA) is 75.6 Å². The van der Waals surface area contributed by atoms with Gasteiger partial charge in [0.15, 0.2) is 6.04 Å². The lowest BCUT2D eigenvalue weighted by molar-refractivity contribution is -0.149. The number of halogens is 1. The van der Waals surface area contributed by atoms with Gasteiger partial charge in [-0.25, -0.2) is 9.18 Å². The van der Waals surface area contributed by atoms with Crippen LogP contribution in [-0.4, -0.2) is 30.1 Å². The van der Waals surface area contributed by atoms with Gasteiger partial charge in [-0.05, 0) is 19.9 Å². The quantitative estimate of drug-likeness (QED) is 0.593. The summed E-state index contributed by atoms with van der Waals surface area (Å²) < 4.78 is 18.4. The third kappa shape index (κ3) is 3.75. The molecular weight excluding hydrogens is 253 g/mol. The van der Waals surface area contributed by atoms with Crippen molar-refractivity contribution in [3.8, 4) is 0 Å². The zero-order valence-corrected chi connectivity index (χ0v) is 10.7. The van der Waals surface area contributed by atoms with E-state index in [-0.39, 0.29) is 18.6 Å². The Morgan fingerprint density at radius 3 is 2.84 bits per heavy atom. The van der Waals surface area contributed by atoms with Gasteiger partial charge in [-0.1, -0.05) is 17.7 Å². The van der Waals surface area contributed by atoms with Crippen LogP contribution in [0, 0.1) is 12.7 Å². The SMILES string of the molecule is CCOC(=O)C(NC=O)C(O)c1cc(C)ccc1F. The number of hydrogen-bond acceptors (Lipinski definition) is 4. The summed E-state index contributed by atoms with van der Waals surface area (Å²) in [6.07, 6.45) is -1.25. The van der Waals surface area contributed by atoms with E-state index in [9.17, 15) is 19.1 Å². The third-order valence-electron chi connectivity index (χ3n) is 2.57. The molecule has 0 heterocycles. The minimum atomic E-state index is -1.51. The Kier molecular flexibility index (Phi) is 5.44. The number of aryl methyl sites for hydroxylation is 1. The normalized spacial score (nSPS) is 13.5. The molecule has 2 unspecified atom stereocenters. The van der Waals surface area contributed by atoms with E-state index < -0.39 is 23.9 Å². The fourth-order valence-electron chi connectivity index (χ4n) is 1.66. The number of hydrogen-bond donors (Lipinski definition) is 2. The van der Waals surface area contributed by atoms with Crippen LogP contribution in [-0.2, 0) is 14.3 Å². The number of aliphatic hydroxyl groups excluding tert-OH is 1. The van der Waals surface area contributed by atoms with Crippen molar-refractivity contribution in [2.45, 2.75) is 26.0 Å². The standard InChI is InChI=1S/C13H16FNO4/c1-3-19-13(18)11(15-7-16)12(17)9-6-8(2)4-5-10(9)14/h4-7,11-12,17H,3H2,1-2H3,(H,15,16). The van der Waals surface area contributed by atoms with Crippen molar-refractivity contribution in [3.63, 3.8) is 0 Å². The molecule has 1 aromatic rings. The molecule has 0 aliphatic carbocycles. The van der Waals surface area contributed by atoms with Crippen LogP contribution in [0.15, 0.2) is 18.2 Å². The molecule has 0 saturated carbocycles. The molecule has 2 atom stereocenters. The average molecular weight is 269 g/mol. The minimum absolute atomic E-state index is 0.0626. The fourth-order valence-corrected chi connectivity index (χ4v) is 1.66. The summed E-state index contributed by atoms with van der Waals surface area (Å²) in [4.78, 5) is 22.1. The Morgan fingerprint density at radius 2 is 2.26 bits per heavy atom. The van der Waals surface area contributed by atoms with Gasteiger partial charge in [0.2, 0.25) is 6.41 Å². The van der Waals surface area contributed by atoms with Crippen LogP contribution in [0.25, 0.3) is 0 Å². The van der Waals surface area contributed by atoms with Gasteiger partial charge >= 0.3 is 5.97 Å². The first-order valence-corrected chi connectivity index (χ1v) is 5.81. The Morgan fingerprint density at radius 1 is 1.58 bits per heavy atom. The Balaban J connectivity index is 3.04. The van der Waals surface area contributed by atoms with Gasteiger partial charge in [0.05, 0.1) is 6.61 Å². The van der Waals surface area contributed by atoms with Crippen molar-refractivity contribution in [2.24, 2.45) is 0 Å². The van der Waals surface area contributed by atoms with Crippen LogP contribution in [0.3, 0.4) is 0 Å². The molecule has 0 aliphatic rings. The van der Waals surface area contributed by atoms with E-state index in [1.54, 1.807) is 13.8 Å². The monoisotopic (exact) mass is 269 g/mol. The summed E-state index contributed by atoms with van der Waals surface area (Å²) >= 11 is 0. The maximum absolute atomic E-state index is 13.6. The third-order valence-corrected chi connectivity index (χ3v) is 2.57. The molecule has 0 aliphatic heterocycles. The molecule has 1 amide bonds. The highest BCUT2D eigenvalue weighted by atomic mass is 19.1. The maximum Gasteiger partial charge on any atom is 0.331 e. The van der Waals surface area contributed by atoms with Crippen LogP contribution in [0.2, 0.25) is 0 Å². The van der Waals surface area contributed by atoms with E-state index in [1.807, 2.05) is 0 Å². The number of carbonyl (C=O) groups excluding carboxylic acids is 2. The number of esters is 1. The Bertz CT molecular complexity index is 464. The molecule has 0 spiro atoms. The number of aliphatic hydroxyl groups is 1. The fraction of sp³-hybridized carbons (Fsp3) is 0.385. The van der Waals surface area contributed by atoms with Crippen LogP contribution in [0.1, 0.15) is 24.2 Å². The molecule has 0 saturated heterocycles. The van der Waals surface area contributed by atoms with Gasteiger partial charge in [-0.3, -0.25) is 4.79 Å². The molecule has 2 N–H and O–H groups in total. The summed E-state index contributed by atoms with van der Waals surface area (Å²) in [6, 6.07) is 2.81. The first-order chi connectivity index (χ1) is 9.01. The van der Waals surface area contributed by atoms with Gasteiger partial charge in [-0.2, -0.15) is 0 Å². The van der Waals surface area contributed by atoms with Crippen molar-refractivity contribution in [1.82, 2.24) is 5.32 Å². The van der Waals surface area contributed by atoms with Crippen molar-refractivity contribution in [3.05, 3.63) is 35.1 Å². The highest BCUT2D eigenvalue weighted by molar-refractivity contribution is 5.79. The Hall–Kier alpha value is -1.95. The molecule has 1 aromatic carbocycles. The first kappa shape index (κ1) is 15.1. The summed E-state index contributed by atoms with van der Waals surface area (Å²) in [5.41, 5.74) is 0.663. The van der Waals surface area contributed by atoms with Gasteiger partial charge in [0.1, 0.15) is 11.9 Å². The lowest BCUT2D eigenvalue weighted by atomic mass is 10.00. The molecule has 0 radical (unpaired) electrons.